The van der Waals surface area contributed by atoms with E-state index in [-0.39, 0.29) is 23.1 Å². The second-order valence-electron chi connectivity index (χ2n) is 4.76. The van der Waals surface area contributed by atoms with E-state index in [9.17, 15) is 14.0 Å². The minimum absolute atomic E-state index is 0.0252. The minimum Gasteiger partial charge on any atom is -0.478 e. The first kappa shape index (κ1) is 16.1. The molecule has 4 nitrogen and oxygen atoms in total. The molecule has 5 heteroatoms. The molecule has 1 amide bonds. The lowest BCUT2D eigenvalue weighted by molar-refractivity contribution is -0.120. The number of anilines is 1. The first-order valence-electron chi connectivity index (χ1n) is 6.83. The van der Waals surface area contributed by atoms with Crippen molar-refractivity contribution in [3.05, 3.63) is 29.6 Å². The molecule has 0 bridgehead atoms. The summed E-state index contributed by atoms with van der Waals surface area (Å²) in [5.41, 5.74) is -0.114. The first-order valence-corrected chi connectivity index (χ1v) is 6.83. The third kappa shape index (κ3) is 4.33. The van der Waals surface area contributed by atoms with Gasteiger partial charge in [-0.15, -0.1) is 0 Å². The topological polar surface area (TPSA) is 66.4 Å². The SMILES string of the molecule is CCCC(CCC)C(=O)Nc1ccc(C(=O)O)cc1F. The van der Waals surface area contributed by atoms with Gasteiger partial charge in [-0.3, -0.25) is 4.79 Å². The highest BCUT2D eigenvalue weighted by Crippen LogP contribution is 2.20. The van der Waals surface area contributed by atoms with Crippen LogP contribution in [0.5, 0.6) is 0 Å². The monoisotopic (exact) mass is 281 g/mol. The summed E-state index contributed by atoms with van der Waals surface area (Å²) in [6, 6.07) is 3.47. The zero-order valence-corrected chi connectivity index (χ0v) is 11.8. The van der Waals surface area contributed by atoms with Crippen molar-refractivity contribution >= 4 is 17.6 Å². The number of aromatic carboxylic acids is 1. The van der Waals surface area contributed by atoms with Crippen LogP contribution in [0.3, 0.4) is 0 Å². The van der Waals surface area contributed by atoms with E-state index in [0.717, 1.165) is 31.7 Å². The zero-order chi connectivity index (χ0) is 15.1. The van der Waals surface area contributed by atoms with E-state index in [1.807, 2.05) is 13.8 Å². The molecule has 0 radical (unpaired) electrons. The number of carbonyl (C=O) groups is 2. The smallest absolute Gasteiger partial charge is 0.335 e. The van der Waals surface area contributed by atoms with Gasteiger partial charge in [0.2, 0.25) is 5.91 Å². The van der Waals surface area contributed by atoms with Crippen molar-refractivity contribution in [1.82, 2.24) is 0 Å². The summed E-state index contributed by atoms with van der Waals surface area (Å²) in [5, 5.41) is 11.3. The number of amides is 1. The van der Waals surface area contributed by atoms with Crippen molar-refractivity contribution in [2.24, 2.45) is 5.92 Å². The molecule has 0 spiro atoms. The summed E-state index contributed by atoms with van der Waals surface area (Å²) in [6.45, 7) is 4.00. The number of carboxylic acid groups (broad SMARTS) is 1. The van der Waals surface area contributed by atoms with E-state index in [0.29, 0.717) is 0 Å². The van der Waals surface area contributed by atoms with Crippen LogP contribution in [0.4, 0.5) is 10.1 Å². The van der Waals surface area contributed by atoms with Crippen LogP contribution >= 0.6 is 0 Å². The van der Waals surface area contributed by atoms with Crippen LogP contribution in [0, 0.1) is 11.7 Å². The standard InChI is InChI=1S/C15H20FNO3/c1-3-5-10(6-4-2)14(18)17-13-8-7-11(15(19)20)9-12(13)16/h7-10H,3-6H2,1-2H3,(H,17,18)(H,19,20). The molecule has 0 heterocycles. The number of benzene rings is 1. The average molecular weight is 281 g/mol. The molecule has 110 valence electrons. The van der Waals surface area contributed by atoms with Gasteiger partial charge in [-0.2, -0.15) is 0 Å². The molecule has 0 fully saturated rings. The molecule has 0 unspecified atom stereocenters. The molecule has 1 aromatic rings. The predicted molar refractivity (Wildman–Crippen MR) is 75.3 cm³/mol. The number of hydrogen-bond acceptors (Lipinski definition) is 2. The number of halogens is 1. The second kappa shape index (κ2) is 7.62. The van der Waals surface area contributed by atoms with E-state index in [1.165, 1.54) is 12.1 Å². The van der Waals surface area contributed by atoms with Crippen LogP contribution in [0.2, 0.25) is 0 Å². The van der Waals surface area contributed by atoms with Crippen LogP contribution in [0.15, 0.2) is 18.2 Å². The normalized spacial score (nSPS) is 10.6. The van der Waals surface area contributed by atoms with Crippen LogP contribution in [0.25, 0.3) is 0 Å². The molecular weight excluding hydrogens is 261 g/mol. The lowest BCUT2D eigenvalue weighted by Gasteiger charge is -2.15. The van der Waals surface area contributed by atoms with Gasteiger partial charge in [0.05, 0.1) is 11.3 Å². The summed E-state index contributed by atoms with van der Waals surface area (Å²) >= 11 is 0. The number of rotatable bonds is 7. The molecule has 1 rings (SSSR count). The van der Waals surface area contributed by atoms with Gasteiger partial charge in [-0.05, 0) is 31.0 Å². The van der Waals surface area contributed by atoms with Gasteiger partial charge >= 0.3 is 5.97 Å². The Morgan fingerprint density at radius 2 is 1.85 bits per heavy atom. The van der Waals surface area contributed by atoms with Crippen molar-refractivity contribution in [2.75, 3.05) is 5.32 Å². The van der Waals surface area contributed by atoms with E-state index in [2.05, 4.69) is 5.32 Å². The number of carboxylic acids is 1. The summed E-state index contributed by atoms with van der Waals surface area (Å²) in [6.07, 6.45) is 3.29. The molecule has 2 N–H and O–H groups in total. The predicted octanol–water partition coefficient (Wildman–Crippen LogP) is 3.68. The van der Waals surface area contributed by atoms with E-state index >= 15 is 0 Å². The number of nitrogens with one attached hydrogen (secondary N) is 1. The summed E-state index contributed by atoms with van der Waals surface area (Å²) in [5.74, 6) is -2.28. The molecule has 0 aromatic heterocycles. The van der Waals surface area contributed by atoms with Gasteiger partial charge in [-0.1, -0.05) is 26.7 Å². The van der Waals surface area contributed by atoms with E-state index < -0.39 is 11.8 Å². The van der Waals surface area contributed by atoms with E-state index in [4.69, 9.17) is 5.11 Å². The Balaban J connectivity index is 2.81. The maximum absolute atomic E-state index is 13.7. The van der Waals surface area contributed by atoms with E-state index in [1.54, 1.807) is 0 Å². The van der Waals surface area contributed by atoms with Gasteiger partial charge in [0.15, 0.2) is 0 Å². The molecule has 0 atom stereocenters. The second-order valence-corrected chi connectivity index (χ2v) is 4.76. The van der Waals surface area contributed by atoms with Crippen molar-refractivity contribution in [3.63, 3.8) is 0 Å². The Morgan fingerprint density at radius 3 is 2.30 bits per heavy atom. The lowest BCUT2D eigenvalue weighted by Crippen LogP contribution is -2.23. The van der Waals surface area contributed by atoms with Crippen molar-refractivity contribution in [3.8, 4) is 0 Å². The number of carbonyl (C=O) groups excluding carboxylic acids is 1. The largest absolute Gasteiger partial charge is 0.478 e. The van der Waals surface area contributed by atoms with Gasteiger partial charge in [-0.25, -0.2) is 9.18 Å². The van der Waals surface area contributed by atoms with Crippen LogP contribution in [-0.4, -0.2) is 17.0 Å². The van der Waals surface area contributed by atoms with Gasteiger partial charge in [0.1, 0.15) is 5.82 Å². The Bertz CT molecular complexity index is 482. The Morgan fingerprint density at radius 1 is 1.25 bits per heavy atom. The molecule has 0 aliphatic carbocycles. The Labute approximate surface area is 118 Å². The fraction of sp³-hybridized carbons (Fsp3) is 0.467. The van der Waals surface area contributed by atoms with Crippen LogP contribution in [0.1, 0.15) is 49.9 Å². The first-order chi connectivity index (χ1) is 9.49. The van der Waals surface area contributed by atoms with Gasteiger partial charge in [0.25, 0.3) is 0 Å². The van der Waals surface area contributed by atoms with Gasteiger partial charge < -0.3 is 10.4 Å². The molecular formula is C15H20FNO3. The number of hydrogen-bond donors (Lipinski definition) is 2. The average Bonchev–Trinajstić information content (AvgIpc) is 2.40. The minimum atomic E-state index is -1.20. The molecule has 0 saturated carbocycles. The molecule has 0 aliphatic heterocycles. The fourth-order valence-electron chi connectivity index (χ4n) is 2.09. The third-order valence-electron chi connectivity index (χ3n) is 3.12. The summed E-state index contributed by atoms with van der Waals surface area (Å²) in [7, 11) is 0. The van der Waals surface area contributed by atoms with Crippen molar-refractivity contribution in [2.45, 2.75) is 39.5 Å². The van der Waals surface area contributed by atoms with Crippen LogP contribution < -0.4 is 5.32 Å². The third-order valence-corrected chi connectivity index (χ3v) is 3.12. The van der Waals surface area contributed by atoms with Crippen molar-refractivity contribution < 1.29 is 19.1 Å². The van der Waals surface area contributed by atoms with Gasteiger partial charge in [0, 0.05) is 5.92 Å². The van der Waals surface area contributed by atoms with Crippen LogP contribution in [-0.2, 0) is 4.79 Å². The molecule has 0 aliphatic rings. The fourth-order valence-corrected chi connectivity index (χ4v) is 2.09. The zero-order valence-electron chi connectivity index (χ0n) is 11.8. The van der Waals surface area contributed by atoms with Crippen molar-refractivity contribution in [1.29, 1.82) is 0 Å². The quantitative estimate of drug-likeness (QED) is 0.801. The maximum atomic E-state index is 13.7. The molecule has 1 aromatic carbocycles. The summed E-state index contributed by atoms with van der Waals surface area (Å²) < 4.78 is 13.7. The summed E-state index contributed by atoms with van der Waals surface area (Å²) in [4.78, 5) is 22.8. The maximum Gasteiger partial charge on any atom is 0.335 e. The highest BCUT2D eigenvalue weighted by Gasteiger charge is 2.18. The Hall–Kier alpha value is -1.91. The molecule has 0 saturated heterocycles. The highest BCUT2D eigenvalue weighted by atomic mass is 19.1. The Kier molecular flexibility index (Phi) is 6.15. The lowest BCUT2D eigenvalue weighted by atomic mass is 9.97. The molecule has 20 heavy (non-hydrogen) atoms. The highest BCUT2D eigenvalue weighted by molar-refractivity contribution is 5.94.